The molecule has 0 saturated heterocycles. The average molecular weight is 512 g/mol. The molecule has 0 saturated carbocycles. The summed E-state index contributed by atoms with van der Waals surface area (Å²) in [6.45, 7) is 0.213. The first-order valence-electron chi connectivity index (χ1n) is 10.3. The van der Waals surface area contributed by atoms with Crippen LogP contribution >= 0.6 is 0 Å². The van der Waals surface area contributed by atoms with E-state index < -0.39 is 23.4 Å². The lowest BCUT2D eigenvalue weighted by molar-refractivity contribution is -0.667. The fourth-order valence-electron chi connectivity index (χ4n) is 3.59. The van der Waals surface area contributed by atoms with Crippen molar-refractivity contribution in [3.05, 3.63) is 80.0 Å². The summed E-state index contributed by atoms with van der Waals surface area (Å²) in [6.07, 6.45) is -4.87. The maximum Gasteiger partial charge on any atom is 0.573 e. The average Bonchev–Trinajstić information content (AvgIpc) is 3.14. The van der Waals surface area contributed by atoms with Crippen LogP contribution in [0.5, 0.6) is 17.5 Å². The van der Waals surface area contributed by atoms with E-state index in [-0.39, 0.29) is 42.6 Å². The fourth-order valence-corrected chi connectivity index (χ4v) is 3.73. The number of aromatic nitrogens is 4. The number of imidazole rings is 1. The highest BCUT2D eigenvalue weighted by Crippen LogP contribution is 2.28. The van der Waals surface area contributed by atoms with Gasteiger partial charge in [0, 0.05) is 38.3 Å². The van der Waals surface area contributed by atoms with Crippen LogP contribution in [0.3, 0.4) is 0 Å². The molecule has 0 unspecified atom stereocenters. The lowest BCUT2D eigenvalue weighted by Crippen LogP contribution is -2.46. The summed E-state index contributed by atoms with van der Waals surface area (Å²) >= 11 is 5.12. The number of nitrogens with zero attached hydrogens (tertiary/aromatic N) is 3. The molecule has 2 aromatic heterocycles. The van der Waals surface area contributed by atoms with Crippen LogP contribution in [0.1, 0.15) is 5.56 Å². The Balaban J connectivity index is 1.88. The first-order valence-corrected chi connectivity index (χ1v) is 10.7. The Morgan fingerprint density at radius 3 is 2.46 bits per heavy atom. The van der Waals surface area contributed by atoms with Crippen molar-refractivity contribution >= 4 is 11.2 Å². The summed E-state index contributed by atoms with van der Waals surface area (Å²) in [5.41, 5.74) is 5.48. The molecule has 2 heterocycles. The van der Waals surface area contributed by atoms with Crippen LogP contribution < -0.4 is 31.0 Å². The fraction of sp³-hybridized carbons (Fsp3) is 0.227. The first kappa shape index (κ1) is 24.4. The number of hydrogen-bond donors (Lipinski definition) is 2. The predicted molar refractivity (Wildman–Crippen MR) is 116 cm³/mol. The molecule has 4 rings (SSSR count). The Labute approximate surface area is 200 Å². The molecule has 0 atom stereocenters. The minimum absolute atomic E-state index is 0.00426. The molecule has 0 radical (unpaired) electrons. The van der Waals surface area contributed by atoms with E-state index in [0.29, 0.717) is 5.02 Å². The van der Waals surface area contributed by atoms with Gasteiger partial charge >= 0.3 is 23.6 Å². The van der Waals surface area contributed by atoms with Crippen LogP contribution in [0.25, 0.3) is 11.2 Å². The molecule has 35 heavy (non-hydrogen) atoms. The van der Waals surface area contributed by atoms with Crippen molar-refractivity contribution < 1.29 is 38.8 Å². The lowest BCUT2D eigenvalue weighted by Gasteiger charge is -2.09. The van der Waals surface area contributed by atoms with Gasteiger partial charge in [0.2, 0.25) is 5.02 Å². The van der Waals surface area contributed by atoms with Gasteiger partial charge < -0.3 is 15.2 Å². The van der Waals surface area contributed by atoms with E-state index in [1.165, 1.54) is 28.3 Å². The molecular weight excluding hydrogens is 491 g/mol. The summed E-state index contributed by atoms with van der Waals surface area (Å²) in [4.78, 5) is 28.9. The Kier molecular flexibility index (Phi) is 6.59. The van der Waals surface area contributed by atoms with Crippen molar-refractivity contribution in [2.75, 3.05) is 6.54 Å². The number of alkyl halides is 3. The summed E-state index contributed by atoms with van der Waals surface area (Å²) in [7, 11) is 1.48. The van der Waals surface area contributed by atoms with Gasteiger partial charge in [-0.2, -0.15) is 9.55 Å². The predicted octanol–water partition coefficient (Wildman–Crippen LogP) is 1.71. The highest BCUT2D eigenvalue weighted by Gasteiger charge is 2.32. The van der Waals surface area contributed by atoms with E-state index in [4.69, 9.17) is 22.1 Å². The standard InChI is InChI=1S/C22H20ClF3N5O4/c1-29-18-17(19(32)30(10-9-27)21(29)33)31(12-13-5-7-14(23)8-6-13)20(28-18)34-15-3-2-4-16(11-15)35-22(24,25)26/h2-8,11,23H,9-10,12,27H2,1H3/q+1/p+1. The molecule has 0 aliphatic heterocycles. The molecule has 4 aromatic rings. The molecule has 0 aliphatic carbocycles. The van der Waals surface area contributed by atoms with Crippen LogP contribution in [0.4, 0.5) is 13.2 Å². The second-order valence-electron chi connectivity index (χ2n) is 7.57. The van der Waals surface area contributed by atoms with Crippen molar-refractivity contribution in [2.24, 2.45) is 12.8 Å². The topological polar surface area (TPSA) is 108 Å². The molecule has 0 aliphatic rings. The lowest BCUT2D eigenvalue weighted by atomic mass is 10.2. The minimum atomic E-state index is -4.87. The number of H-pyrrole nitrogens is 1. The van der Waals surface area contributed by atoms with E-state index >= 15 is 0 Å². The van der Waals surface area contributed by atoms with Crippen molar-refractivity contribution in [1.29, 1.82) is 0 Å². The SMILES string of the molecule is Cn1c(=O)n(CCN)c(=O)c2c1[nH]c(Oc1cccc(OC(F)(F)F)c1)[n+]2Cc1ccc([ClH+])cc1. The van der Waals surface area contributed by atoms with Crippen molar-refractivity contribution in [2.45, 2.75) is 19.5 Å². The molecule has 13 heteroatoms. The Bertz CT molecular complexity index is 1490. The van der Waals surface area contributed by atoms with E-state index in [1.807, 2.05) is 0 Å². The third kappa shape index (κ3) is 5.17. The largest absolute Gasteiger partial charge is 0.573 e. The zero-order valence-electron chi connectivity index (χ0n) is 18.3. The van der Waals surface area contributed by atoms with Crippen molar-refractivity contribution in [3.63, 3.8) is 0 Å². The molecule has 0 fully saturated rings. The number of ether oxygens (including phenoxy) is 2. The summed E-state index contributed by atoms with van der Waals surface area (Å²) in [6, 6.07) is 12.0. The van der Waals surface area contributed by atoms with Gasteiger partial charge in [-0.3, -0.25) is 13.9 Å². The van der Waals surface area contributed by atoms with E-state index in [9.17, 15) is 22.8 Å². The first-order chi connectivity index (χ1) is 16.6. The summed E-state index contributed by atoms with van der Waals surface area (Å²) in [5, 5.41) is 0.628. The number of aryl methyl sites for hydroxylation is 1. The number of nitrogens with two attached hydrogens (primary N) is 1. The third-order valence-electron chi connectivity index (χ3n) is 5.14. The highest BCUT2D eigenvalue weighted by atomic mass is 35.5. The van der Waals surface area contributed by atoms with Crippen LogP contribution in [-0.2, 0) is 20.1 Å². The molecule has 3 N–H and O–H groups in total. The Hall–Kier alpha value is -3.77. The Morgan fingerprint density at radius 2 is 1.80 bits per heavy atom. The molecule has 2 aromatic carbocycles. The van der Waals surface area contributed by atoms with Gasteiger partial charge in [0.1, 0.15) is 18.0 Å². The van der Waals surface area contributed by atoms with Crippen LogP contribution in [0.2, 0.25) is 5.02 Å². The zero-order valence-corrected chi connectivity index (χ0v) is 19.2. The number of benzene rings is 2. The minimum Gasteiger partial charge on any atom is -0.406 e. The highest BCUT2D eigenvalue weighted by molar-refractivity contribution is 5.66. The van der Waals surface area contributed by atoms with Gasteiger partial charge in [0.15, 0.2) is 11.6 Å². The number of halogens is 4. The van der Waals surface area contributed by atoms with Crippen molar-refractivity contribution in [3.8, 4) is 17.5 Å². The second-order valence-corrected chi connectivity index (χ2v) is 8.04. The second kappa shape index (κ2) is 9.47. The quantitative estimate of drug-likeness (QED) is 0.367. The van der Waals surface area contributed by atoms with Crippen LogP contribution in [0, 0.1) is 11.6 Å². The van der Waals surface area contributed by atoms with Gasteiger partial charge in [-0.05, 0) is 29.8 Å². The van der Waals surface area contributed by atoms with E-state index in [0.717, 1.165) is 22.3 Å². The maximum atomic E-state index is 13.3. The molecule has 0 bridgehead atoms. The summed E-state index contributed by atoms with van der Waals surface area (Å²) < 4.78 is 51.5. The number of nitrogens with one attached hydrogen (secondary N) is 1. The van der Waals surface area contributed by atoms with E-state index in [1.54, 1.807) is 24.3 Å². The zero-order chi connectivity index (χ0) is 25.3. The molecule has 0 spiro atoms. The number of rotatable bonds is 7. The van der Waals surface area contributed by atoms with Crippen LogP contribution in [0.15, 0.2) is 58.1 Å². The van der Waals surface area contributed by atoms with Gasteiger partial charge in [-0.25, -0.2) is 4.79 Å². The molecule has 184 valence electrons. The van der Waals surface area contributed by atoms with E-state index in [2.05, 4.69) is 9.72 Å². The number of hydrogen-bond acceptors (Lipinski definition) is 5. The normalized spacial score (nSPS) is 11.7. The smallest absolute Gasteiger partial charge is 0.406 e. The molecule has 0 amide bonds. The van der Waals surface area contributed by atoms with Gasteiger partial charge in [0.05, 0.1) is 0 Å². The number of aromatic amines is 1. The third-order valence-corrected chi connectivity index (χ3v) is 5.41. The van der Waals surface area contributed by atoms with Gasteiger partial charge in [0.25, 0.3) is 11.2 Å². The summed E-state index contributed by atoms with van der Waals surface area (Å²) in [5.74, 6) is -0.461. The van der Waals surface area contributed by atoms with Gasteiger partial charge in [-0.15, -0.1) is 13.2 Å². The number of fused-ring (bicyclic) bond motifs is 1. The van der Waals surface area contributed by atoms with Gasteiger partial charge in [-0.1, -0.05) is 6.07 Å². The molecular formula is C22H21ClF3N5O4+2. The van der Waals surface area contributed by atoms with Crippen molar-refractivity contribution in [1.82, 2.24) is 14.1 Å². The molecule has 9 nitrogen and oxygen atoms in total. The maximum absolute atomic E-state index is 13.3. The monoisotopic (exact) mass is 511 g/mol. The van der Waals surface area contributed by atoms with Crippen LogP contribution in [-0.4, -0.2) is 27.0 Å². The Morgan fingerprint density at radius 1 is 1.11 bits per heavy atom.